The Balaban J connectivity index is 2.09. The van der Waals surface area contributed by atoms with Gasteiger partial charge in [0.25, 0.3) is 0 Å². The highest BCUT2D eigenvalue weighted by Crippen LogP contribution is 2.20. The summed E-state index contributed by atoms with van der Waals surface area (Å²) in [6.07, 6.45) is 2.54. The number of carbonyl (C=O) groups is 2. The zero-order valence-electron chi connectivity index (χ0n) is 12.4. The predicted octanol–water partition coefficient (Wildman–Crippen LogP) is 3.18. The monoisotopic (exact) mass is 309 g/mol. The number of amides is 1. The number of hydrogen-bond acceptors (Lipinski definition) is 3. The van der Waals surface area contributed by atoms with E-state index in [1.54, 1.807) is 11.8 Å². The standard InChI is InChI=1S/C16H23NO3S/c1-13(12-21-14-8-4-2-5-9-14)16(20)17-11-7-3-6-10-15(18)19/h2,4-5,8-9,13H,3,6-7,10-12H2,1H3,(H,17,20)(H,18,19). The molecule has 0 fully saturated rings. The molecule has 1 unspecified atom stereocenters. The van der Waals surface area contributed by atoms with Crippen LogP contribution in [0.2, 0.25) is 0 Å². The summed E-state index contributed by atoms with van der Waals surface area (Å²) in [4.78, 5) is 23.4. The van der Waals surface area contributed by atoms with Gasteiger partial charge in [0.05, 0.1) is 0 Å². The van der Waals surface area contributed by atoms with E-state index in [-0.39, 0.29) is 18.2 Å². The lowest BCUT2D eigenvalue weighted by molar-refractivity contribution is -0.137. The van der Waals surface area contributed by atoms with Crippen LogP contribution in [-0.4, -0.2) is 29.3 Å². The van der Waals surface area contributed by atoms with Crippen molar-refractivity contribution in [3.63, 3.8) is 0 Å². The van der Waals surface area contributed by atoms with Gasteiger partial charge in [0.1, 0.15) is 0 Å². The van der Waals surface area contributed by atoms with Crippen molar-refractivity contribution in [2.45, 2.75) is 37.5 Å². The molecular weight excluding hydrogens is 286 g/mol. The summed E-state index contributed by atoms with van der Waals surface area (Å²) < 4.78 is 0. The second kappa shape index (κ2) is 10.3. The lowest BCUT2D eigenvalue weighted by Crippen LogP contribution is -2.31. The van der Waals surface area contributed by atoms with Gasteiger partial charge in [0, 0.05) is 29.5 Å². The predicted molar refractivity (Wildman–Crippen MR) is 85.4 cm³/mol. The normalized spacial score (nSPS) is 11.9. The zero-order valence-corrected chi connectivity index (χ0v) is 13.2. The number of unbranched alkanes of at least 4 members (excludes halogenated alkanes) is 2. The fraction of sp³-hybridized carbons (Fsp3) is 0.500. The molecular formula is C16H23NO3S. The van der Waals surface area contributed by atoms with Crippen LogP contribution in [0.4, 0.5) is 0 Å². The number of rotatable bonds is 10. The second-order valence-electron chi connectivity index (χ2n) is 5.02. The number of carboxylic acid groups (broad SMARTS) is 1. The Kier molecular flexibility index (Phi) is 8.59. The number of nitrogens with one attached hydrogen (secondary N) is 1. The first-order valence-corrected chi connectivity index (χ1v) is 8.25. The van der Waals surface area contributed by atoms with Crippen LogP contribution in [0, 0.1) is 5.92 Å². The summed E-state index contributed by atoms with van der Waals surface area (Å²) in [5.74, 6) is 0.0333. The maximum atomic E-state index is 11.9. The average molecular weight is 309 g/mol. The van der Waals surface area contributed by atoms with Crippen LogP contribution in [0.5, 0.6) is 0 Å². The van der Waals surface area contributed by atoms with Crippen LogP contribution in [0.15, 0.2) is 35.2 Å². The van der Waals surface area contributed by atoms with E-state index >= 15 is 0 Å². The molecule has 0 aliphatic carbocycles. The average Bonchev–Trinajstić information content (AvgIpc) is 2.48. The third kappa shape index (κ3) is 8.40. The Labute approximate surface area is 130 Å². The van der Waals surface area contributed by atoms with E-state index in [1.807, 2.05) is 37.3 Å². The maximum Gasteiger partial charge on any atom is 0.303 e. The molecule has 0 heterocycles. The van der Waals surface area contributed by atoms with Gasteiger partial charge in [-0.15, -0.1) is 11.8 Å². The first kappa shape index (κ1) is 17.6. The van der Waals surface area contributed by atoms with Crippen molar-refractivity contribution in [1.29, 1.82) is 0 Å². The van der Waals surface area contributed by atoms with Crippen molar-refractivity contribution in [2.75, 3.05) is 12.3 Å². The van der Waals surface area contributed by atoms with Gasteiger partial charge < -0.3 is 10.4 Å². The van der Waals surface area contributed by atoms with Gasteiger partial charge in [-0.1, -0.05) is 31.5 Å². The Bertz CT molecular complexity index is 436. The molecule has 0 saturated heterocycles. The summed E-state index contributed by atoms with van der Waals surface area (Å²) in [7, 11) is 0. The van der Waals surface area contributed by atoms with Crippen LogP contribution >= 0.6 is 11.8 Å². The Hall–Kier alpha value is -1.49. The molecule has 0 radical (unpaired) electrons. The zero-order chi connectivity index (χ0) is 15.5. The summed E-state index contributed by atoms with van der Waals surface area (Å²) in [6.45, 7) is 2.55. The summed E-state index contributed by atoms with van der Waals surface area (Å²) in [5.41, 5.74) is 0. The topological polar surface area (TPSA) is 66.4 Å². The smallest absolute Gasteiger partial charge is 0.303 e. The molecule has 0 aliphatic heterocycles. The highest BCUT2D eigenvalue weighted by molar-refractivity contribution is 7.99. The number of thioether (sulfide) groups is 1. The molecule has 4 nitrogen and oxygen atoms in total. The second-order valence-corrected chi connectivity index (χ2v) is 6.11. The molecule has 0 spiro atoms. The number of carbonyl (C=O) groups excluding carboxylic acids is 1. The molecule has 21 heavy (non-hydrogen) atoms. The molecule has 0 aromatic heterocycles. The number of aliphatic carboxylic acids is 1. The van der Waals surface area contributed by atoms with Gasteiger partial charge in [-0.05, 0) is 25.0 Å². The van der Waals surface area contributed by atoms with E-state index in [2.05, 4.69) is 5.32 Å². The molecule has 1 rings (SSSR count). The first-order valence-electron chi connectivity index (χ1n) is 7.27. The van der Waals surface area contributed by atoms with Crippen LogP contribution in [0.1, 0.15) is 32.6 Å². The van der Waals surface area contributed by atoms with E-state index in [0.717, 1.165) is 18.6 Å². The Morgan fingerprint density at radius 3 is 2.57 bits per heavy atom. The third-order valence-electron chi connectivity index (χ3n) is 3.06. The summed E-state index contributed by atoms with van der Waals surface area (Å²) in [6, 6.07) is 10.0. The molecule has 0 saturated carbocycles. The molecule has 0 bridgehead atoms. The quantitative estimate of drug-likeness (QED) is 0.514. The molecule has 1 aromatic rings. The molecule has 2 N–H and O–H groups in total. The molecule has 1 amide bonds. The van der Waals surface area contributed by atoms with Crippen LogP contribution in [0.3, 0.4) is 0 Å². The van der Waals surface area contributed by atoms with Crippen molar-refractivity contribution in [3.05, 3.63) is 30.3 Å². The minimum absolute atomic E-state index is 0.0331. The van der Waals surface area contributed by atoms with E-state index < -0.39 is 5.97 Å². The van der Waals surface area contributed by atoms with Gasteiger partial charge in [-0.2, -0.15) is 0 Å². The number of hydrogen-bond donors (Lipinski definition) is 2. The van der Waals surface area contributed by atoms with Crippen molar-refractivity contribution in [1.82, 2.24) is 5.32 Å². The first-order chi connectivity index (χ1) is 10.1. The lowest BCUT2D eigenvalue weighted by Gasteiger charge is -2.11. The van der Waals surface area contributed by atoms with Crippen LogP contribution < -0.4 is 5.32 Å². The molecule has 1 aromatic carbocycles. The largest absolute Gasteiger partial charge is 0.481 e. The maximum absolute atomic E-state index is 11.9. The highest BCUT2D eigenvalue weighted by atomic mass is 32.2. The third-order valence-corrected chi connectivity index (χ3v) is 4.33. The minimum Gasteiger partial charge on any atom is -0.481 e. The van der Waals surface area contributed by atoms with Crippen molar-refractivity contribution >= 4 is 23.6 Å². The number of benzene rings is 1. The Morgan fingerprint density at radius 1 is 1.19 bits per heavy atom. The van der Waals surface area contributed by atoms with E-state index in [4.69, 9.17) is 5.11 Å². The molecule has 116 valence electrons. The van der Waals surface area contributed by atoms with Crippen molar-refractivity contribution in [3.8, 4) is 0 Å². The van der Waals surface area contributed by atoms with Crippen molar-refractivity contribution < 1.29 is 14.7 Å². The van der Waals surface area contributed by atoms with E-state index in [9.17, 15) is 9.59 Å². The fourth-order valence-electron chi connectivity index (χ4n) is 1.78. The van der Waals surface area contributed by atoms with Crippen molar-refractivity contribution in [2.24, 2.45) is 5.92 Å². The molecule has 1 atom stereocenters. The number of carboxylic acids is 1. The van der Waals surface area contributed by atoms with Gasteiger partial charge in [-0.3, -0.25) is 9.59 Å². The van der Waals surface area contributed by atoms with E-state index in [1.165, 1.54) is 4.90 Å². The van der Waals surface area contributed by atoms with Gasteiger partial charge >= 0.3 is 5.97 Å². The fourth-order valence-corrected chi connectivity index (χ4v) is 2.72. The SMILES string of the molecule is CC(CSc1ccccc1)C(=O)NCCCCCC(=O)O. The summed E-state index contributed by atoms with van der Waals surface area (Å²) >= 11 is 1.68. The Morgan fingerprint density at radius 2 is 1.90 bits per heavy atom. The lowest BCUT2D eigenvalue weighted by atomic mass is 10.2. The summed E-state index contributed by atoms with van der Waals surface area (Å²) in [5, 5.41) is 11.4. The highest BCUT2D eigenvalue weighted by Gasteiger charge is 2.12. The van der Waals surface area contributed by atoms with Crippen LogP contribution in [0.25, 0.3) is 0 Å². The molecule has 5 heteroatoms. The van der Waals surface area contributed by atoms with Gasteiger partial charge in [0.15, 0.2) is 0 Å². The van der Waals surface area contributed by atoms with Gasteiger partial charge in [-0.25, -0.2) is 0 Å². The van der Waals surface area contributed by atoms with Gasteiger partial charge in [0.2, 0.25) is 5.91 Å². The minimum atomic E-state index is -0.759. The molecule has 0 aliphatic rings. The van der Waals surface area contributed by atoms with E-state index in [0.29, 0.717) is 13.0 Å². The van der Waals surface area contributed by atoms with Crippen LogP contribution in [-0.2, 0) is 9.59 Å².